The van der Waals surface area contributed by atoms with Gasteiger partial charge in [-0.05, 0) is 23.6 Å². The molecule has 0 aromatic heterocycles. The largest absolute Gasteiger partial charge is 0.378 e. The number of fused-ring (bicyclic) bond motifs is 1. The van der Waals surface area contributed by atoms with Crippen molar-refractivity contribution in [3.8, 4) is 6.07 Å². The van der Waals surface area contributed by atoms with Gasteiger partial charge in [0, 0.05) is 5.69 Å². The number of benzene rings is 1. The highest BCUT2D eigenvalue weighted by molar-refractivity contribution is 5.99. The molecule has 1 aromatic rings. The highest BCUT2D eigenvalue weighted by Crippen LogP contribution is 2.32. The van der Waals surface area contributed by atoms with Crippen molar-refractivity contribution >= 4 is 11.6 Å². The van der Waals surface area contributed by atoms with E-state index in [9.17, 15) is 4.79 Å². The van der Waals surface area contributed by atoms with Crippen LogP contribution in [0.25, 0.3) is 0 Å². The number of amides is 1. The summed E-state index contributed by atoms with van der Waals surface area (Å²) in [6, 6.07) is 8.24. The lowest BCUT2D eigenvalue weighted by atomic mass is 9.81. The molecule has 0 unspecified atom stereocenters. The van der Waals surface area contributed by atoms with Crippen LogP contribution < -0.4 is 5.32 Å². The quantitative estimate of drug-likeness (QED) is 0.829. The predicted octanol–water partition coefficient (Wildman–Crippen LogP) is 1.26. The van der Waals surface area contributed by atoms with Crippen LogP contribution in [-0.4, -0.2) is 19.1 Å². The molecule has 4 heteroatoms. The maximum atomic E-state index is 11.2. The standard InChI is InChI=1S/C13H12N2O2/c14-6-13(7-17-8-13)5-9-1-2-11-10(3-9)4-12(16)15-11/h1-3H,4-5,7-8H2,(H,15,16). The molecule has 0 radical (unpaired) electrons. The summed E-state index contributed by atoms with van der Waals surface area (Å²) >= 11 is 0. The molecule has 0 spiro atoms. The highest BCUT2D eigenvalue weighted by Gasteiger charge is 2.39. The molecule has 0 aliphatic carbocycles. The van der Waals surface area contributed by atoms with Crippen LogP contribution in [0.1, 0.15) is 11.1 Å². The Labute approximate surface area is 99.2 Å². The SMILES string of the molecule is N#CC1(Cc2ccc3c(c2)CC(=O)N3)COC1. The van der Waals surface area contributed by atoms with Crippen LogP contribution in [0.5, 0.6) is 0 Å². The Kier molecular flexibility index (Phi) is 2.17. The second-order valence-corrected chi connectivity index (χ2v) is 4.78. The van der Waals surface area contributed by atoms with E-state index >= 15 is 0 Å². The van der Waals surface area contributed by atoms with Crippen LogP contribution in [0.15, 0.2) is 18.2 Å². The van der Waals surface area contributed by atoms with Crippen LogP contribution in [0, 0.1) is 16.7 Å². The molecule has 0 saturated carbocycles. The topological polar surface area (TPSA) is 62.1 Å². The molecule has 1 aromatic carbocycles. The van der Waals surface area contributed by atoms with E-state index in [1.54, 1.807) is 0 Å². The molecule has 4 nitrogen and oxygen atoms in total. The monoisotopic (exact) mass is 228 g/mol. The van der Waals surface area contributed by atoms with Crippen molar-refractivity contribution in [2.75, 3.05) is 18.5 Å². The zero-order valence-corrected chi connectivity index (χ0v) is 9.32. The second-order valence-electron chi connectivity index (χ2n) is 4.78. The van der Waals surface area contributed by atoms with Crippen LogP contribution >= 0.6 is 0 Å². The minimum atomic E-state index is -0.357. The van der Waals surface area contributed by atoms with Gasteiger partial charge in [0.1, 0.15) is 5.41 Å². The summed E-state index contributed by atoms with van der Waals surface area (Å²) in [5, 5.41) is 11.9. The Hall–Kier alpha value is -1.86. The van der Waals surface area contributed by atoms with E-state index in [1.165, 1.54) is 0 Å². The maximum Gasteiger partial charge on any atom is 0.228 e. The first-order chi connectivity index (χ1) is 8.21. The molecule has 1 amide bonds. The van der Waals surface area contributed by atoms with E-state index in [4.69, 9.17) is 10.00 Å². The van der Waals surface area contributed by atoms with Crippen molar-refractivity contribution in [2.24, 2.45) is 5.41 Å². The molecular formula is C13H12N2O2. The van der Waals surface area contributed by atoms with Gasteiger partial charge in [0.05, 0.1) is 25.7 Å². The number of rotatable bonds is 2. The van der Waals surface area contributed by atoms with Gasteiger partial charge in [0.25, 0.3) is 0 Å². The third kappa shape index (κ3) is 1.69. The molecule has 0 atom stereocenters. The number of anilines is 1. The Morgan fingerprint density at radius 2 is 2.29 bits per heavy atom. The number of ether oxygens (including phenoxy) is 1. The molecule has 0 bridgehead atoms. The summed E-state index contributed by atoms with van der Waals surface area (Å²) < 4.78 is 5.12. The van der Waals surface area contributed by atoms with Gasteiger partial charge in [-0.1, -0.05) is 12.1 Å². The van der Waals surface area contributed by atoms with E-state index in [0.717, 1.165) is 16.8 Å². The second kappa shape index (κ2) is 3.57. The average Bonchev–Trinajstić information content (AvgIpc) is 2.63. The number of carbonyl (C=O) groups excluding carboxylic acids is 1. The maximum absolute atomic E-state index is 11.2. The summed E-state index contributed by atoms with van der Waals surface area (Å²) in [4.78, 5) is 11.2. The van der Waals surface area contributed by atoms with Gasteiger partial charge in [-0.25, -0.2) is 0 Å². The van der Waals surface area contributed by atoms with Crippen molar-refractivity contribution < 1.29 is 9.53 Å². The van der Waals surface area contributed by atoms with Crippen LogP contribution in [-0.2, 0) is 22.4 Å². The zero-order valence-electron chi connectivity index (χ0n) is 9.32. The number of nitriles is 1. The lowest BCUT2D eigenvalue weighted by Crippen LogP contribution is -2.43. The third-order valence-corrected chi connectivity index (χ3v) is 3.33. The van der Waals surface area contributed by atoms with Crippen molar-refractivity contribution in [3.63, 3.8) is 0 Å². The first-order valence-electron chi connectivity index (χ1n) is 5.61. The highest BCUT2D eigenvalue weighted by atomic mass is 16.5. The molecule has 3 rings (SSSR count). The predicted molar refractivity (Wildman–Crippen MR) is 61.3 cm³/mol. The summed E-state index contributed by atoms with van der Waals surface area (Å²) in [6.07, 6.45) is 1.14. The lowest BCUT2D eigenvalue weighted by Gasteiger charge is -2.35. The van der Waals surface area contributed by atoms with Crippen LogP contribution in [0.3, 0.4) is 0 Å². The third-order valence-electron chi connectivity index (χ3n) is 3.33. The molecular weight excluding hydrogens is 216 g/mol. The first kappa shape index (κ1) is 10.3. The van der Waals surface area contributed by atoms with E-state index < -0.39 is 0 Å². The fraction of sp³-hybridized carbons (Fsp3) is 0.385. The molecule has 1 saturated heterocycles. The molecule has 1 N–H and O–H groups in total. The molecule has 17 heavy (non-hydrogen) atoms. The van der Waals surface area contributed by atoms with Crippen LogP contribution in [0.2, 0.25) is 0 Å². The van der Waals surface area contributed by atoms with Gasteiger partial charge >= 0.3 is 0 Å². The minimum absolute atomic E-state index is 0.0409. The van der Waals surface area contributed by atoms with Gasteiger partial charge in [-0.15, -0.1) is 0 Å². The van der Waals surface area contributed by atoms with Gasteiger partial charge in [0.2, 0.25) is 5.91 Å². The Balaban J connectivity index is 1.84. The molecule has 2 aliphatic heterocycles. The van der Waals surface area contributed by atoms with E-state index in [-0.39, 0.29) is 11.3 Å². The summed E-state index contributed by atoms with van der Waals surface area (Å²) in [6.45, 7) is 1.02. The molecule has 86 valence electrons. The summed E-state index contributed by atoms with van der Waals surface area (Å²) in [5.74, 6) is 0.0409. The smallest absolute Gasteiger partial charge is 0.228 e. The average molecular weight is 228 g/mol. The fourth-order valence-electron chi connectivity index (χ4n) is 2.34. The lowest BCUT2D eigenvalue weighted by molar-refractivity contribution is -0.115. The normalized spacial score (nSPS) is 20.1. The van der Waals surface area contributed by atoms with Gasteiger partial charge in [-0.2, -0.15) is 5.26 Å². The number of nitrogens with zero attached hydrogens (tertiary/aromatic N) is 1. The van der Waals surface area contributed by atoms with Gasteiger partial charge in [0.15, 0.2) is 0 Å². The van der Waals surface area contributed by atoms with E-state index in [0.29, 0.717) is 26.1 Å². The zero-order chi connectivity index (χ0) is 11.9. The number of carbonyl (C=O) groups is 1. The van der Waals surface area contributed by atoms with Crippen molar-refractivity contribution in [1.29, 1.82) is 5.26 Å². The minimum Gasteiger partial charge on any atom is -0.378 e. The van der Waals surface area contributed by atoms with Crippen molar-refractivity contribution in [2.45, 2.75) is 12.8 Å². The van der Waals surface area contributed by atoms with Crippen LogP contribution in [0.4, 0.5) is 5.69 Å². The Morgan fingerprint density at radius 3 is 2.94 bits per heavy atom. The Bertz CT molecular complexity index is 527. The van der Waals surface area contributed by atoms with E-state index in [2.05, 4.69) is 11.4 Å². The first-order valence-corrected chi connectivity index (χ1v) is 5.61. The summed E-state index contributed by atoms with van der Waals surface area (Å²) in [7, 11) is 0. The fourth-order valence-corrected chi connectivity index (χ4v) is 2.34. The number of hydrogen-bond donors (Lipinski definition) is 1. The molecule has 2 aliphatic rings. The number of nitrogens with one attached hydrogen (secondary N) is 1. The van der Waals surface area contributed by atoms with Crippen molar-refractivity contribution in [1.82, 2.24) is 0 Å². The Morgan fingerprint density at radius 1 is 1.47 bits per heavy atom. The van der Waals surface area contributed by atoms with Crippen molar-refractivity contribution in [3.05, 3.63) is 29.3 Å². The summed E-state index contributed by atoms with van der Waals surface area (Å²) in [5.41, 5.74) is 2.67. The molecule has 1 fully saturated rings. The van der Waals surface area contributed by atoms with E-state index in [1.807, 2.05) is 18.2 Å². The molecule has 2 heterocycles. The number of hydrogen-bond acceptors (Lipinski definition) is 3. The van der Waals surface area contributed by atoms with Gasteiger partial charge < -0.3 is 10.1 Å². The van der Waals surface area contributed by atoms with Gasteiger partial charge in [-0.3, -0.25) is 4.79 Å².